The molecule has 0 radical (unpaired) electrons. The minimum absolute atomic E-state index is 0.176. The summed E-state index contributed by atoms with van der Waals surface area (Å²) in [6.45, 7) is 3.68. The zero-order valence-corrected chi connectivity index (χ0v) is 8.35. The summed E-state index contributed by atoms with van der Waals surface area (Å²) >= 11 is 1.54. The van der Waals surface area contributed by atoms with E-state index in [1.807, 2.05) is 18.2 Å². The van der Waals surface area contributed by atoms with Crippen LogP contribution in [0.1, 0.15) is 4.88 Å². The number of benzene rings is 1. The molecule has 0 fully saturated rings. The first kappa shape index (κ1) is 9.16. The van der Waals surface area contributed by atoms with Gasteiger partial charge in [0.1, 0.15) is 5.82 Å². The summed E-state index contributed by atoms with van der Waals surface area (Å²) in [5, 5.41) is 0. The van der Waals surface area contributed by atoms with E-state index in [-0.39, 0.29) is 5.82 Å². The molecule has 0 spiro atoms. The van der Waals surface area contributed by atoms with Gasteiger partial charge in [-0.05, 0) is 18.2 Å². The van der Waals surface area contributed by atoms with Gasteiger partial charge in [-0.15, -0.1) is 11.3 Å². The van der Waals surface area contributed by atoms with E-state index in [2.05, 4.69) is 6.58 Å². The highest BCUT2D eigenvalue weighted by Crippen LogP contribution is 2.30. The molecule has 0 N–H and O–H groups in total. The Morgan fingerprint density at radius 1 is 1.14 bits per heavy atom. The lowest BCUT2D eigenvalue weighted by Gasteiger charge is -1.97. The van der Waals surface area contributed by atoms with Gasteiger partial charge in [0.05, 0.1) is 0 Å². The molecule has 1 aromatic carbocycles. The average Bonchev–Trinajstić information content (AvgIpc) is 2.67. The molecular formula is C12H9FS. The highest BCUT2D eigenvalue weighted by molar-refractivity contribution is 7.16. The standard InChI is InChI=1S/C12H9FS/c1-2-9-7-8-12(14-9)10-5-3-4-6-11(10)13/h2-8H,1H2. The first-order valence-electron chi connectivity index (χ1n) is 4.28. The normalized spacial score (nSPS) is 10.1. The van der Waals surface area contributed by atoms with Crippen molar-refractivity contribution in [2.24, 2.45) is 0 Å². The second kappa shape index (κ2) is 3.76. The van der Waals surface area contributed by atoms with Gasteiger partial charge in [0.25, 0.3) is 0 Å². The Bertz CT molecular complexity index is 457. The van der Waals surface area contributed by atoms with Gasteiger partial charge in [-0.3, -0.25) is 0 Å². The first-order valence-corrected chi connectivity index (χ1v) is 5.10. The van der Waals surface area contributed by atoms with Crippen LogP contribution in [0.4, 0.5) is 4.39 Å². The lowest BCUT2D eigenvalue weighted by atomic mass is 10.2. The van der Waals surface area contributed by atoms with E-state index < -0.39 is 0 Å². The largest absolute Gasteiger partial charge is 0.206 e. The Hall–Kier alpha value is -1.41. The highest BCUT2D eigenvalue weighted by Gasteiger charge is 2.05. The van der Waals surface area contributed by atoms with Crippen LogP contribution in [0.25, 0.3) is 16.5 Å². The Labute approximate surface area is 86.3 Å². The molecule has 0 unspecified atom stereocenters. The number of rotatable bonds is 2. The molecule has 2 heteroatoms. The third-order valence-corrected chi connectivity index (χ3v) is 3.08. The van der Waals surface area contributed by atoms with Crippen molar-refractivity contribution in [1.82, 2.24) is 0 Å². The van der Waals surface area contributed by atoms with Gasteiger partial charge in [-0.2, -0.15) is 0 Å². The maximum Gasteiger partial charge on any atom is 0.131 e. The third kappa shape index (κ3) is 1.61. The summed E-state index contributed by atoms with van der Waals surface area (Å²) in [7, 11) is 0. The van der Waals surface area contributed by atoms with Gasteiger partial charge in [-0.25, -0.2) is 4.39 Å². The first-order chi connectivity index (χ1) is 6.81. The lowest BCUT2D eigenvalue weighted by Crippen LogP contribution is -1.78. The minimum atomic E-state index is -0.176. The quantitative estimate of drug-likeness (QED) is 0.687. The van der Waals surface area contributed by atoms with Crippen LogP contribution in [-0.4, -0.2) is 0 Å². The van der Waals surface area contributed by atoms with E-state index in [1.54, 1.807) is 29.5 Å². The molecule has 0 saturated carbocycles. The van der Waals surface area contributed by atoms with Crippen LogP contribution in [0.3, 0.4) is 0 Å². The van der Waals surface area contributed by atoms with Crippen LogP contribution in [-0.2, 0) is 0 Å². The summed E-state index contributed by atoms with van der Waals surface area (Å²) < 4.78 is 13.4. The summed E-state index contributed by atoms with van der Waals surface area (Å²) in [5.41, 5.74) is 0.658. The zero-order valence-electron chi connectivity index (χ0n) is 7.53. The summed E-state index contributed by atoms with van der Waals surface area (Å²) in [5.74, 6) is -0.176. The van der Waals surface area contributed by atoms with E-state index in [9.17, 15) is 4.39 Å². The second-order valence-electron chi connectivity index (χ2n) is 2.89. The van der Waals surface area contributed by atoms with Crippen LogP contribution in [0.5, 0.6) is 0 Å². The molecule has 0 amide bonds. The molecule has 0 aliphatic rings. The maximum absolute atomic E-state index is 13.4. The Kier molecular flexibility index (Phi) is 2.46. The fraction of sp³-hybridized carbons (Fsp3) is 0. The van der Waals surface area contributed by atoms with Gasteiger partial charge < -0.3 is 0 Å². The van der Waals surface area contributed by atoms with Crippen molar-refractivity contribution < 1.29 is 4.39 Å². The van der Waals surface area contributed by atoms with E-state index in [1.165, 1.54) is 6.07 Å². The third-order valence-electron chi connectivity index (χ3n) is 1.97. The fourth-order valence-electron chi connectivity index (χ4n) is 1.27. The fourth-order valence-corrected chi connectivity index (χ4v) is 2.15. The van der Waals surface area contributed by atoms with Crippen LogP contribution >= 0.6 is 11.3 Å². The average molecular weight is 204 g/mol. The molecule has 2 rings (SSSR count). The zero-order chi connectivity index (χ0) is 9.97. The van der Waals surface area contributed by atoms with Crippen LogP contribution in [0.2, 0.25) is 0 Å². The molecular weight excluding hydrogens is 195 g/mol. The topological polar surface area (TPSA) is 0 Å². The predicted octanol–water partition coefficient (Wildman–Crippen LogP) is 4.20. The van der Waals surface area contributed by atoms with Crippen molar-refractivity contribution in [3.8, 4) is 10.4 Å². The van der Waals surface area contributed by atoms with Crippen LogP contribution in [0.15, 0.2) is 43.0 Å². The van der Waals surface area contributed by atoms with E-state index in [0.717, 1.165) is 9.75 Å². The van der Waals surface area contributed by atoms with Gasteiger partial charge in [0, 0.05) is 15.3 Å². The molecule has 0 aliphatic carbocycles. The van der Waals surface area contributed by atoms with Gasteiger partial charge in [0.15, 0.2) is 0 Å². The minimum Gasteiger partial charge on any atom is -0.206 e. The second-order valence-corrected chi connectivity index (χ2v) is 4.00. The number of hydrogen-bond donors (Lipinski definition) is 0. The Balaban J connectivity index is 2.49. The highest BCUT2D eigenvalue weighted by atomic mass is 32.1. The van der Waals surface area contributed by atoms with Gasteiger partial charge in [-0.1, -0.05) is 30.9 Å². The molecule has 0 nitrogen and oxygen atoms in total. The molecule has 1 aromatic heterocycles. The molecule has 2 aromatic rings. The molecule has 70 valence electrons. The van der Waals surface area contributed by atoms with Crippen molar-refractivity contribution in [2.75, 3.05) is 0 Å². The molecule has 0 saturated heterocycles. The number of thiophene rings is 1. The van der Waals surface area contributed by atoms with E-state index in [0.29, 0.717) is 5.56 Å². The Morgan fingerprint density at radius 3 is 2.57 bits per heavy atom. The van der Waals surface area contributed by atoms with E-state index in [4.69, 9.17) is 0 Å². The summed E-state index contributed by atoms with van der Waals surface area (Å²) in [4.78, 5) is 2.00. The van der Waals surface area contributed by atoms with Gasteiger partial charge in [0.2, 0.25) is 0 Å². The number of halogens is 1. The van der Waals surface area contributed by atoms with Crippen molar-refractivity contribution in [3.63, 3.8) is 0 Å². The summed E-state index contributed by atoms with van der Waals surface area (Å²) in [6.07, 6.45) is 1.77. The van der Waals surface area contributed by atoms with Crippen molar-refractivity contribution >= 4 is 17.4 Å². The van der Waals surface area contributed by atoms with Crippen molar-refractivity contribution in [1.29, 1.82) is 0 Å². The Morgan fingerprint density at radius 2 is 1.93 bits per heavy atom. The van der Waals surface area contributed by atoms with Gasteiger partial charge >= 0.3 is 0 Å². The van der Waals surface area contributed by atoms with E-state index >= 15 is 0 Å². The molecule has 14 heavy (non-hydrogen) atoms. The van der Waals surface area contributed by atoms with Crippen molar-refractivity contribution in [2.45, 2.75) is 0 Å². The summed E-state index contributed by atoms with van der Waals surface area (Å²) in [6, 6.07) is 10.7. The molecule has 1 heterocycles. The lowest BCUT2D eigenvalue weighted by molar-refractivity contribution is 0.631. The maximum atomic E-state index is 13.4. The molecule has 0 aliphatic heterocycles. The predicted molar refractivity (Wildman–Crippen MR) is 59.8 cm³/mol. The smallest absolute Gasteiger partial charge is 0.131 e. The SMILES string of the molecule is C=Cc1ccc(-c2ccccc2F)s1. The van der Waals surface area contributed by atoms with Crippen molar-refractivity contribution in [3.05, 3.63) is 53.7 Å². The van der Waals surface area contributed by atoms with Crippen LogP contribution in [0, 0.1) is 5.82 Å². The monoisotopic (exact) mass is 204 g/mol. The molecule has 0 bridgehead atoms. The number of hydrogen-bond acceptors (Lipinski definition) is 1. The molecule has 0 atom stereocenters. The van der Waals surface area contributed by atoms with Crippen LogP contribution < -0.4 is 0 Å².